The smallest absolute Gasteiger partial charge is 0.270 e. The van der Waals surface area contributed by atoms with Gasteiger partial charge in [0, 0.05) is 35.2 Å². The number of hydrogen-bond donors (Lipinski definition) is 1. The Morgan fingerprint density at radius 3 is 2.71 bits per heavy atom. The number of nitro groups is 1. The third kappa shape index (κ3) is 3.74. The molecule has 1 N–H and O–H groups in total. The van der Waals surface area contributed by atoms with Crippen molar-refractivity contribution in [1.29, 1.82) is 0 Å². The minimum atomic E-state index is -0.525. The van der Waals surface area contributed by atoms with Crippen molar-refractivity contribution in [3.8, 4) is 0 Å². The number of amides is 1. The number of nitrogens with one attached hydrogen (secondary N) is 1. The molecular weight excluding hydrogens is 374 g/mol. The zero-order valence-electron chi connectivity index (χ0n) is 14.7. The van der Waals surface area contributed by atoms with Gasteiger partial charge in [0.05, 0.1) is 4.92 Å². The summed E-state index contributed by atoms with van der Waals surface area (Å²) in [6.45, 7) is 0. The molecule has 0 aliphatic rings. The van der Waals surface area contributed by atoms with Crippen molar-refractivity contribution in [2.45, 2.75) is 6.42 Å². The molecule has 3 aromatic carbocycles. The second-order valence-corrected chi connectivity index (χ2v) is 7.32. The fourth-order valence-corrected chi connectivity index (χ4v) is 3.84. The van der Waals surface area contributed by atoms with E-state index in [0.717, 1.165) is 4.88 Å². The van der Waals surface area contributed by atoms with E-state index >= 15 is 0 Å². The number of rotatable bonds is 5. The second kappa shape index (κ2) is 7.58. The summed E-state index contributed by atoms with van der Waals surface area (Å²) in [5.74, 6) is -0.422. The molecule has 28 heavy (non-hydrogen) atoms. The van der Waals surface area contributed by atoms with Crippen molar-refractivity contribution in [2.75, 3.05) is 5.32 Å². The van der Waals surface area contributed by atoms with Crippen LogP contribution in [0, 0.1) is 10.1 Å². The minimum Gasteiger partial charge on any atom is -0.298 e. The molecule has 6 nitrogen and oxygen atoms in total. The van der Waals surface area contributed by atoms with E-state index in [4.69, 9.17) is 0 Å². The highest BCUT2D eigenvalue weighted by molar-refractivity contribution is 7.15. The lowest BCUT2D eigenvalue weighted by molar-refractivity contribution is -0.384. The molecule has 0 radical (unpaired) electrons. The maximum Gasteiger partial charge on any atom is 0.270 e. The van der Waals surface area contributed by atoms with E-state index in [1.54, 1.807) is 6.20 Å². The van der Waals surface area contributed by atoms with Gasteiger partial charge in [-0.2, -0.15) is 0 Å². The van der Waals surface area contributed by atoms with E-state index in [9.17, 15) is 14.9 Å². The number of thiazole rings is 1. The molecule has 0 saturated carbocycles. The van der Waals surface area contributed by atoms with Crippen LogP contribution in [-0.4, -0.2) is 15.8 Å². The molecule has 1 heterocycles. The molecule has 1 aromatic heterocycles. The lowest BCUT2D eigenvalue weighted by atomic mass is 10.0. The van der Waals surface area contributed by atoms with Crippen molar-refractivity contribution < 1.29 is 9.72 Å². The Labute approximate surface area is 164 Å². The van der Waals surface area contributed by atoms with Crippen molar-refractivity contribution in [3.05, 3.63) is 99.0 Å². The summed E-state index contributed by atoms with van der Waals surface area (Å²) in [6.07, 6.45) is 2.46. The summed E-state index contributed by atoms with van der Waals surface area (Å²) in [6, 6.07) is 20.0. The molecule has 7 heteroatoms. The predicted molar refractivity (Wildman–Crippen MR) is 110 cm³/mol. The number of hydrogen-bond acceptors (Lipinski definition) is 5. The van der Waals surface area contributed by atoms with Crippen LogP contribution in [0.1, 0.15) is 20.8 Å². The normalized spacial score (nSPS) is 10.7. The summed E-state index contributed by atoms with van der Waals surface area (Å²) in [7, 11) is 0. The summed E-state index contributed by atoms with van der Waals surface area (Å²) < 4.78 is 0. The van der Waals surface area contributed by atoms with Gasteiger partial charge in [0.1, 0.15) is 0 Å². The van der Waals surface area contributed by atoms with Crippen LogP contribution in [0.2, 0.25) is 0 Å². The molecule has 138 valence electrons. The van der Waals surface area contributed by atoms with Crippen molar-refractivity contribution in [1.82, 2.24) is 4.98 Å². The Bertz CT molecular complexity index is 1180. The number of carbonyl (C=O) groups is 1. The van der Waals surface area contributed by atoms with Crippen LogP contribution in [0.4, 0.5) is 10.8 Å². The average molecular weight is 389 g/mol. The fourth-order valence-electron chi connectivity index (χ4n) is 3.01. The first-order valence-electron chi connectivity index (χ1n) is 8.57. The maximum absolute atomic E-state index is 12.4. The van der Waals surface area contributed by atoms with E-state index < -0.39 is 10.8 Å². The number of carbonyl (C=O) groups excluding carboxylic acids is 1. The molecule has 1 amide bonds. The first kappa shape index (κ1) is 17.8. The van der Waals surface area contributed by atoms with Gasteiger partial charge in [0.2, 0.25) is 0 Å². The van der Waals surface area contributed by atoms with Gasteiger partial charge in [-0.25, -0.2) is 4.98 Å². The molecular formula is C21H15N3O3S. The topological polar surface area (TPSA) is 85.1 Å². The third-order valence-electron chi connectivity index (χ3n) is 4.34. The number of nitrogens with zero attached hydrogens (tertiary/aromatic N) is 2. The van der Waals surface area contributed by atoms with Crippen molar-refractivity contribution in [3.63, 3.8) is 0 Å². The largest absolute Gasteiger partial charge is 0.298 e. The number of aromatic nitrogens is 1. The molecule has 0 saturated heterocycles. The van der Waals surface area contributed by atoms with Crippen LogP contribution in [0.15, 0.2) is 72.9 Å². The Morgan fingerprint density at radius 1 is 1.07 bits per heavy atom. The molecule has 4 rings (SSSR count). The fraction of sp³-hybridized carbons (Fsp3) is 0.0476. The molecule has 0 spiro atoms. The molecule has 4 aromatic rings. The standard InChI is InChI=1S/C21H15N3O3S/c25-20(16-8-4-9-17(11-16)24(26)27)23-21-22-13-18(28-21)12-15-7-3-6-14-5-1-2-10-19(14)15/h1-11,13H,12H2,(H,22,23,25). The quantitative estimate of drug-likeness (QED) is 0.382. The summed E-state index contributed by atoms with van der Waals surface area (Å²) in [4.78, 5) is 28.0. The van der Waals surface area contributed by atoms with Gasteiger partial charge in [-0.15, -0.1) is 11.3 Å². The van der Waals surface area contributed by atoms with E-state index in [-0.39, 0.29) is 11.3 Å². The molecule has 0 bridgehead atoms. The average Bonchev–Trinajstić information content (AvgIpc) is 3.15. The third-order valence-corrected chi connectivity index (χ3v) is 5.25. The zero-order valence-corrected chi connectivity index (χ0v) is 15.5. The van der Waals surface area contributed by atoms with Crippen LogP contribution in [0.3, 0.4) is 0 Å². The SMILES string of the molecule is O=C(Nc1ncc(Cc2cccc3ccccc23)s1)c1cccc([N+](=O)[O-])c1. The van der Waals surface area contributed by atoms with Crippen LogP contribution in [-0.2, 0) is 6.42 Å². The van der Waals surface area contributed by atoms with Gasteiger partial charge < -0.3 is 0 Å². The lowest BCUT2D eigenvalue weighted by Gasteiger charge is -2.04. The lowest BCUT2D eigenvalue weighted by Crippen LogP contribution is -2.11. The number of benzene rings is 3. The van der Waals surface area contributed by atoms with Crippen molar-refractivity contribution in [2.24, 2.45) is 0 Å². The highest BCUT2D eigenvalue weighted by Crippen LogP contribution is 2.26. The van der Waals surface area contributed by atoms with Crippen LogP contribution in [0.5, 0.6) is 0 Å². The van der Waals surface area contributed by atoms with E-state index in [2.05, 4.69) is 34.6 Å². The van der Waals surface area contributed by atoms with Crippen LogP contribution in [0.25, 0.3) is 10.8 Å². The van der Waals surface area contributed by atoms with Gasteiger partial charge >= 0.3 is 0 Å². The van der Waals surface area contributed by atoms with Gasteiger partial charge in [-0.05, 0) is 22.4 Å². The molecule has 0 fully saturated rings. The number of non-ortho nitro benzene ring substituents is 1. The zero-order chi connectivity index (χ0) is 19.5. The molecule has 0 aliphatic heterocycles. The van der Waals surface area contributed by atoms with E-state index in [1.807, 2.05) is 18.2 Å². The van der Waals surface area contributed by atoms with E-state index in [0.29, 0.717) is 11.6 Å². The summed E-state index contributed by atoms with van der Waals surface area (Å²) in [5.41, 5.74) is 1.29. The molecule has 0 aliphatic carbocycles. The highest BCUT2D eigenvalue weighted by Gasteiger charge is 2.13. The van der Waals surface area contributed by atoms with Crippen LogP contribution >= 0.6 is 11.3 Å². The summed E-state index contributed by atoms with van der Waals surface area (Å²) in [5, 5.41) is 16.4. The predicted octanol–water partition coefficient (Wildman–Crippen LogP) is 5.05. The Hall–Kier alpha value is -3.58. The van der Waals surface area contributed by atoms with E-state index in [1.165, 1.54) is 51.9 Å². The maximum atomic E-state index is 12.4. The molecule has 0 unspecified atom stereocenters. The number of nitro benzene ring substituents is 1. The van der Waals surface area contributed by atoms with Crippen LogP contribution < -0.4 is 5.32 Å². The van der Waals surface area contributed by atoms with Gasteiger partial charge in [0.25, 0.3) is 11.6 Å². The van der Waals surface area contributed by atoms with Gasteiger partial charge in [-0.3, -0.25) is 20.2 Å². The highest BCUT2D eigenvalue weighted by atomic mass is 32.1. The van der Waals surface area contributed by atoms with Gasteiger partial charge in [-0.1, -0.05) is 48.5 Å². The monoisotopic (exact) mass is 389 g/mol. The van der Waals surface area contributed by atoms with Gasteiger partial charge in [0.15, 0.2) is 5.13 Å². The first-order chi connectivity index (χ1) is 13.6. The number of fused-ring (bicyclic) bond motifs is 1. The first-order valence-corrected chi connectivity index (χ1v) is 9.39. The Kier molecular flexibility index (Phi) is 4.82. The molecule has 0 atom stereocenters. The minimum absolute atomic E-state index is 0.122. The Morgan fingerprint density at radius 2 is 1.86 bits per heavy atom. The number of anilines is 1. The second-order valence-electron chi connectivity index (χ2n) is 6.21. The summed E-state index contributed by atoms with van der Waals surface area (Å²) >= 11 is 1.39. The van der Waals surface area contributed by atoms with Crippen molar-refractivity contribution >= 4 is 38.8 Å². The Balaban J connectivity index is 1.51.